The number of nitrogens with zero attached hydrogens (tertiary/aromatic N) is 2. The standard InChI is InChI=1S/C16H12N2O3/c1-21-16-8-4-13(5-9-16)14(11-17)10-12-2-6-15(7-3-12)18(19)20/h2-10H,1H3. The Bertz CT molecular complexity index is 711. The highest BCUT2D eigenvalue weighted by atomic mass is 16.6. The summed E-state index contributed by atoms with van der Waals surface area (Å²) >= 11 is 0. The summed E-state index contributed by atoms with van der Waals surface area (Å²) in [4.78, 5) is 10.1. The average Bonchev–Trinajstić information content (AvgIpc) is 2.53. The SMILES string of the molecule is COc1ccc(C(C#N)=Cc2ccc([N+](=O)[O-])cc2)cc1. The summed E-state index contributed by atoms with van der Waals surface area (Å²) in [7, 11) is 1.58. The van der Waals surface area contributed by atoms with Gasteiger partial charge in [0.15, 0.2) is 0 Å². The normalized spacial score (nSPS) is 10.8. The van der Waals surface area contributed by atoms with E-state index in [4.69, 9.17) is 4.74 Å². The maximum atomic E-state index is 10.6. The molecular formula is C16H12N2O3. The Labute approximate surface area is 121 Å². The molecule has 2 rings (SSSR count). The Balaban J connectivity index is 2.31. The maximum absolute atomic E-state index is 10.6. The minimum atomic E-state index is -0.456. The average molecular weight is 280 g/mol. The molecule has 0 amide bonds. The molecule has 0 saturated carbocycles. The first kappa shape index (κ1) is 14.3. The molecule has 0 aliphatic rings. The molecule has 0 aromatic heterocycles. The van der Waals surface area contributed by atoms with E-state index in [0.29, 0.717) is 11.3 Å². The summed E-state index contributed by atoms with van der Waals surface area (Å²) in [6, 6.07) is 15.3. The highest BCUT2D eigenvalue weighted by Gasteiger charge is 2.05. The van der Waals surface area contributed by atoms with Gasteiger partial charge in [-0.15, -0.1) is 0 Å². The van der Waals surface area contributed by atoms with Crippen molar-refractivity contribution < 1.29 is 9.66 Å². The van der Waals surface area contributed by atoms with Crippen molar-refractivity contribution in [1.82, 2.24) is 0 Å². The molecule has 0 N–H and O–H groups in total. The number of non-ortho nitro benzene ring substituents is 1. The van der Waals surface area contributed by atoms with Crippen LogP contribution in [-0.2, 0) is 0 Å². The third-order valence-electron chi connectivity index (χ3n) is 2.94. The van der Waals surface area contributed by atoms with Gasteiger partial charge in [-0.2, -0.15) is 5.26 Å². The fourth-order valence-electron chi connectivity index (χ4n) is 1.81. The molecule has 2 aromatic rings. The summed E-state index contributed by atoms with van der Waals surface area (Å²) in [5, 5.41) is 19.9. The van der Waals surface area contributed by atoms with Gasteiger partial charge < -0.3 is 4.74 Å². The first-order valence-electron chi connectivity index (χ1n) is 6.14. The number of allylic oxidation sites excluding steroid dienone is 1. The van der Waals surface area contributed by atoms with Crippen LogP contribution >= 0.6 is 0 Å². The lowest BCUT2D eigenvalue weighted by Gasteiger charge is -2.02. The van der Waals surface area contributed by atoms with Gasteiger partial charge in [0.2, 0.25) is 0 Å². The number of ether oxygens (including phenoxy) is 1. The predicted molar refractivity (Wildman–Crippen MR) is 79.6 cm³/mol. The van der Waals surface area contributed by atoms with Crippen LogP contribution in [0.4, 0.5) is 5.69 Å². The Morgan fingerprint density at radius 1 is 1.19 bits per heavy atom. The quantitative estimate of drug-likeness (QED) is 0.370. The number of benzene rings is 2. The van der Waals surface area contributed by atoms with Gasteiger partial charge >= 0.3 is 0 Å². The van der Waals surface area contributed by atoms with Crippen molar-refractivity contribution >= 4 is 17.3 Å². The third-order valence-corrected chi connectivity index (χ3v) is 2.94. The number of methoxy groups -OCH3 is 1. The van der Waals surface area contributed by atoms with E-state index in [-0.39, 0.29) is 5.69 Å². The van der Waals surface area contributed by atoms with Gasteiger partial charge in [-0.1, -0.05) is 0 Å². The van der Waals surface area contributed by atoms with Crippen LogP contribution in [0.25, 0.3) is 11.6 Å². The summed E-state index contributed by atoms with van der Waals surface area (Å²) in [6.07, 6.45) is 1.69. The fraction of sp³-hybridized carbons (Fsp3) is 0.0625. The molecule has 0 fully saturated rings. The molecule has 0 spiro atoms. The minimum absolute atomic E-state index is 0.0232. The summed E-state index contributed by atoms with van der Waals surface area (Å²) in [5.74, 6) is 0.714. The third kappa shape index (κ3) is 3.45. The zero-order chi connectivity index (χ0) is 15.2. The monoisotopic (exact) mass is 280 g/mol. The molecule has 0 atom stereocenters. The number of rotatable bonds is 4. The van der Waals surface area contributed by atoms with Crippen molar-refractivity contribution in [2.75, 3.05) is 7.11 Å². The number of nitriles is 1. The van der Waals surface area contributed by atoms with Crippen LogP contribution in [0.5, 0.6) is 5.75 Å². The Kier molecular flexibility index (Phi) is 4.32. The second-order valence-corrected chi connectivity index (χ2v) is 4.25. The zero-order valence-corrected chi connectivity index (χ0v) is 11.3. The molecule has 5 nitrogen and oxygen atoms in total. The van der Waals surface area contributed by atoms with E-state index in [9.17, 15) is 15.4 Å². The molecule has 0 heterocycles. The summed E-state index contributed by atoms with van der Waals surface area (Å²) in [5.41, 5.74) is 1.99. The van der Waals surface area contributed by atoms with Gasteiger partial charge in [0.1, 0.15) is 5.75 Å². The first-order chi connectivity index (χ1) is 10.1. The van der Waals surface area contributed by atoms with Crippen LogP contribution in [0.3, 0.4) is 0 Å². The molecule has 0 aliphatic carbocycles. The van der Waals surface area contributed by atoms with Gasteiger partial charge in [0.05, 0.1) is 23.7 Å². The van der Waals surface area contributed by atoms with E-state index in [1.165, 1.54) is 12.1 Å². The highest BCUT2D eigenvalue weighted by Crippen LogP contribution is 2.21. The van der Waals surface area contributed by atoms with Crippen molar-refractivity contribution in [3.8, 4) is 11.8 Å². The lowest BCUT2D eigenvalue weighted by Crippen LogP contribution is -1.87. The predicted octanol–water partition coefficient (Wildman–Crippen LogP) is 3.67. The van der Waals surface area contributed by atoms with Gasteiger partial charge in [-0.25, -0.2) is 0 Å². The van der Waals surface area contributed by atoms with Crippen molar-refractivity contribution in [1.29, 1.82) is 5.26 Å². The van der Waals surface area contributed by atoms with Crippen molar-refractivity contribution in [3.05, 3.63) is 69.8 Å². The highest BCUT2D eigenvalue weighted by molar-refractivity contribution is 5.89. The molecule has 0 bridgehead atoms. The first-order valence-corrected chi connectivity index (χ1v) is 6.14. The Morgan fingerprint density at radius 2 is 1.81 bits per heavy atom. The molecular weight excluding hydrogens is 268 g/mol. The number of nitro groups is 1. The van der Waals surface area contributed by atoms with Crippen molar-refractivity contribution in [2.24, 2.45) is 0 Å². The number of hydrogen-bond donors (Lipinski definition) is 0. The van der Waals surface area contributed by atoms with E-state index in [1.54, 1.807) is 49.6 Å². The van der Waals surface area contributed by atoms with Gasteiger partial charge in [-0.3, -0.25) is 10.1 Å². The maximum Gasteiger partial charge on any atom is 0.269 e. The van der Waals surface area contributed by atoms with Crippen LogP contribution in [-0.4, -0.2) is 12.0 Å². The van der Waals surface area contributed by atoms with Crippen LogP contribution in [0.2, 0.25) is 0 Å². The molecule has 0 aliphatic heterocycles. The lowest BCUT2D eigenvalue weighted by molar-refractivity contribution is -0.384. The smallest absolute Gasteiger partial charge is 0.269 e. The largest absolute Gasteiger partial charge is 0.497 e. The molecule has 2 aromatic carbocycles. The molecule has 21 heavy (non-hydrogen) atoms. The lowest BCUT2D eigenvalue weighted by atomic mass is 10.0. The number of hydrogen-bond acceptors (Lipinski definition) is 4. The van der Waals surface area contributed by atoms with Gasteiger partial charge in [0, 0.05) is 12.1 Å². The molecule has 0 radical (unpaired) electrons. The fourth-order valence-corrected chi connectivity index (χ4v) is 1.81. The molecule has 0 unspecified atom stereocenters. The van der Waals surface area contributed by atoms with Gasteiger partial charge in [0.25, 0.3) is 5.69 Å². The van der Waals surface area contributed by atoms with E-state index in [2.05, 4.69) is 6.07 Å². The van der Waals surface area contributed by atoms with E-state index < -0.39 is 4.92 Å². The summed E-state index contributed by atoms with van der Waals surface area (Å²) < 4.78 is 5.07. The molecule has 0 saturated heterocycles. The topological polar surface area (TPSA) is 76.2 Å². The molecule has 104 valence electrons. The second kappa shape index (κ2) is 6.35. The number of nitro benzene ring substituents is 1. The second-order valence-electron chi connectivity index (χ2n) is 4.25. The minimum Gasteiger partial charge on any atom is -0.497 e. The van der Waals surface area contributed by atoms with Crippen LogP contribution < -0.4 is 4.74 Å². The van der Waals surface area contributed by atoms with Gasteiger partial charge in [-0.05, 0) is 53.6 Å². The van der Waals surface area contributed by atoms with Crippen molar-refractivity contribution in [3.63, 3.8) is 0 Å². The van der Waals surface area contributed by atoms with Crippen LogP contribution in [0.1, 0.15) is 11.1 Å². The summed E-state index contributed by atoms with van der Waals surface area (Å²) in [6.45, 7) is 0. The Morgan fingerprint density at radius 3 is 2.29 bits per heavy atom. The van der Waals surface area contributed by atoms with Crippen LogP contribution in [0.15, 0.2) is 48.5 Å². The van der Waals surface area contributed by atoms with E-state index >= 15 is 0 Å². The molecule has 5 heteroatoms. The Hall–Kier alpha value is -3.13. The van der Waals surface area contributed by atoms with E-state index in [0.717, 1.165) is 11.1 Å². The van der Waals surface area contributed by atoms with E-state index in [1.807, 2.05) is 0 Å². The van der Waals surface area contributed by atoms with Crippen molar-refractivity contribution in [2.45, 2.75) is 0 Å². The van der Waals surface area contributed by atoms with Crippen LogP contribution in [0, 0.1) is 21.4 Å². The zero-order valence-electron chi connectivity index (χ0n) is 11.3.